The largest absolute Gasteiger partial charge is 0.466 e. The highest BCUT2D eigenvalue weighted by Crippen LogP contribution is 2.19. The maximum atomic E-state index is 13.0. The van der Waals surface area contributed by atoms with Crippen molar-refractivity contribution in [3.05, 3.63) is 65.9 Å². The normalized spacial score (nSPS) is 14.0. The molecule has 0 aliphatic heterocycles. The summed E-state index contributed by atoms with van der Waals surface area (Å²) < 4.78 is 18.1. The van der Waals surface area contributed by atoms with Crippen LogP contribution in [0.3, 0.4) is 0 Å². The minimum absolute atomic E-state index is 0.0488. The van der Waals surface area contributed by atoms with Gasteiger partial charge in [-0.05, 0) is 36.8 Å². The van der Waals surface area contributed by atoms with E-state index in [0.717, 1.165) is 0 Å². The van der Waals surface area contributed by atoms with Crippen molar-refractivity contribution >= 4 is 12.0 Å². The van der Waals surface area contributed by atoms with Crippen molar-refractivity contribution in [1.29, 1.82) is 0 Å². The molecule has 4 nitrogen and oxygen atoms in total. The number of carbonyl (C=O) groups excluding carboxylic acids is 1. The van der Waals surface area contributed by atoms with E-state index in [-0.39, 0.29) is 24.7 Å². The number of carbonyl (C=O) groups is 1. The molecule has 0 saturated heterocycles. The van der Waals surface area contributed by atoms with Crippen molar-refractivity contribution in [2.24, 2.45) is 0 Å². The first-order valence-corrected chi connectivity index (χ1v) is 6.92. The molecule has 0 radical (unpaired) electrons. The highest BCUT2D eigenvalue weighted by Gasteiger charge is 2.26. The average Bonchev–Trinajstić information content (AvgIpc) is 3.00. The molecule has 0 bridgehead atoms. The molecule has 1 heterocycles. The predicted octanol–water partition coefficient (Wildman–Crippen LogP) is 2.85. The number of furan rings is 1. The van der Waals surface area contributed by atoms with Gasteiger partial charge < -0.3 is 14.8 Å². The molecule has 116 valence electrons. The van der Waals surface area contributed by atoms with E-state index in [1.807, 2.05) is 0 Å². The minimum Gasteiger partial charge on any atom is -0.466 e. The molecule has 2 aromatic rings. The number of nitrogens with one attached hydrogen (secondary N) is 1. The van der Waals surface area contributed by atoms with Crippen LogP contribution in [-0.4, -0.2) is 17.6 Å². The maximum Gasteiger partial charge on any atom is 0.223 e. The molecule has 0 saturated carbocycles. The lowest BCUT2D eigenvalue weighted by molar-refractivity contribution is -0.121. The van der Waals surface area contributed by atoms with Crippen LogP contribution >= 0.6 is 0 Å². The van der Waals surface area contributed by atoms with Crippen molar-refractivity contribution in [1.82, 2.24) is 5.32 Å². The molecule has 1 aromatic heterocycles. The van der Waals surface area contributed by atoms with Gasteiger partial charge in [0, 0.05) is 6.42 Å². The summed E-state index contributed by atoms with van der Waals surface area (Å²) in [6.45, 7) is 1.61. The second-order valence-corrected chi connectivity index (χ2v) is 5.19. The van der Waals surface area contributed by atoms with Gasteiger partial charge in [-0.1, -0.05) is 24.3 Å². The van der Waals surface area contributed by atoms with Gasteiger partial charge in [-0.2, -0.15) is 0 Å². The number of hydrogen-bond acceptors (Lipinski definition) is 3. The Morgan fingerprint density at radius 2 is 2.23 bits per heavy atom. The Labute approximate surface area is 128 Å². The van der Waals surface area contributed by atoms with Crippen LogP contribution in [0.25, 0.3) is 6.08 Å². The van der Waals surface area contributed by atoms with Crippen molar-refractivity contribution in [2.45, 2.75) is 18.9 Å². The van der Waals surface area contributed by atoms with Crippen LogP contribution in [0, 0.1) is 5.82 Å². The van der Waals surface area contributed by atoms with E-state index >= 15 is 0 Å². The number of rotatable bonds is 6. The molecular formula is C17H18FNO3. The van der Waals surface area contributed by atoms with Crippen molar-refractivity contribution in [3.8, 4) is 0 Å². The Bertz CT molecular complexity index is 648. The van der Waals surface area contributed by atoms with Gasteiger partial charge in [0.15, 0.2) is 0 Å². The van der Waals surface area contributed by atoms with Gasteiger partial charge >= 0.3 is 0 Å². The molecule has 5 heteroatoms. The zero-order valence-electron chi connectivity index (χ0n) is 12.3. The molecule has 22 heavy (non-hydrogen) atoms. The maximum absolute atomic E-state index is 13.0. The smallest absolute Gasteiger partial charge is 0.223 e. The SMILES string of the molecule is CC(O)(CNC(=O)CC=Cc1cccc(F)c1)c1ccco1. The van der Waals surface area contributed by atoms with Crippen molar-refractivity contribution in [3.63, 3.8) is 0 Å². The molecular weight excluding hydrogens is 285 g/mol. The fourth-order valence-corrected chi connectivity index (χ4v) is 1.93. The number of halogens is 1. The molecule has 1 atom stereocenters. The van der Waals surface area contributed by atoms with Crippen LogP contribution in [0.5, 0.6) is 0 Å². The fraction of sp³-hybridized carbons (Fsp3) is 0.235. The lowest BCUT2D eigenvalue weighted by Gasteiger charge is -2.20. The van der Waals surface area contributed by atoms with Crippen molar-refractivity contribution in [2.75, 3.05) is 6.54 Å². The molecule has 2 rings (SSSR count). The second-order valence-electron chi connectivity index (χ2n) is 5.19. The zero-order valence-corrected chi connectivity index (χ0v) is 12.3. The van der Waals surface area contributed by atoms with Crippen LogP contribution in [0.2, 0.25) is 0 Å². The Kier molecular flexibility index (Phi) is 5.12. The third-order valence-corrected chi connectivity index (χ3v) is 3.14. The van der Waals surface area contributed by atoms with Gasteiger partial charge in [0.2, 0.25) is 5.91 Å². The van der Waals surface area contributed by atoms with Crippen LogP contribution in [0.15, 0.2) is 53.2 Å². The van der Waals surface area contributed by atoms with E-state index in [0.29, 0.717) is 11.3 Å². The summed E-state index contributed by atoms with van der Waals surface area (Å²) >= 11 is 0. The van der Waals surface area contributed by atoms with Gasteiger partial charge in [-0.15, -0.1) is 0 Å². The Hall–Kier alpha value is -2.40. The lowest BCUT2D eigenvalue weighted by atomic mass is 10.0. The first-order chi connectivity index (χ1) is 10.5. The fourth-order valence-electron chi connectivity index (χ4n) is 1.93. The summed E-state index contributed by atoms with van der Waals surface area (Å²) in [4.78, 5) is 11.7. The molecule has 1 amide bonds. The highest BCUT2D eigenvalue weighted by molar-refractivity contribution is 5.78. The molecule has 0 aliphatic rings. The van der Waals surface area contributed by atoms with E-state index in [1.54, 1.807) is 43.3 Å². The summed E-state index contributed by atoms with van der Waals surface area (Å²) in [6.07, 6.45) is 4.93. The Morgan fingerprint density at radius 3 is 2.91 bits per heavy atom. The zero-order chi connectivity index (χ0) is 16.0. The van der Waals surface area contributed by atoms with Gasteiger partial charge in [0.25, 0.3) is 0 Å². The lowest BCUT2D eigenvalue weighted by Crippen LogP contribution is -2.38. The molecule has 1 aromatic carbocycles. The molecule has 2 N–H and O–H groups in total. The average molecular weight is 303 g/mol. The molecule has 0 spiro atoms. The minimum atomic E-state index is -1.26. The van der Waals surface area contributed by atoms with E-state index in [2.05, 4.69) is 5.32 Å². The Balaban J connectivity index is 1.81. The summed E-state index contributed by atoms with van der Waals surface area (Å²) in [7, 11) is 0. The molecule has 1 unspecified atom stereocenters. The number of amides is 1. The van der Waals surface area contributed by atoms with Crippen LogP contribution in [0.4, 0.5) is 4.39 Å². The van der Waals surface area contributed by atoms with Gasteiger partial charge in [-0.3, -0.25) is 4.79 Å². The number of aliphatic hydroxyl groups is 1. The van der Waals surface area contributed by atoms with Gasteiger partial charge in [0.1, 0.15) is 17.2 Å². The monoisotopic (exact) mass is 303 g/mol. The topological polar surface area (TPSA) is 62.5 Å². The third-order valence-electron chi connectivity index (χ3n) is 3.14. The van der Waals surface area contributed by atoms with E-state index in [1.165, 1.54) is 18.4 Å². The van der Waals surface area contributed by atoms with Crippen LogP contribution in [0.1, 0.15) is 24.7 Å². The van der Waals surface area contributed by atoms with Gasteiger partial charge in [0.05, 0.1) is 12.8 Å². The molecule has 0 aliphatic carbocycles. The summed E-state index contributed by atoms with van der Waals surface area (Å²) in [5.41, 5.74) is -0.568. The first-order valence-electron chi connectivity index (χ1n) is 6.92. The number of hydrogen-bond donors (Lipinski definition) is 2. The first kappa shape index (κ1) is 16.0. The summed E-state index contributed by atoms with van der Waals surface area (Å²) in [5, 5.41) is 12.8. The second kappa shape index (κ2) is 7.04. The van der Waals surface area contributed by atoms with E-state index < -0.39 is 5.60 Å². The quantitative estimate of drug-likeness (QED) is 0.862. The highest BCUT2D eigenvalue weighted by atomic mass is 19.1. The number of benzene rings is 1. The third kappa shape index (κ3) is 4.56. The van der Waals surface area contributed by atoms with Gasteiger partial charge in [-0.25, -0.2) is 4.39 Å². The van der Waals surface area contributed by atoms with Crippen LogP contribution in [-0.2, 0) is 10.4 Å². The standard InChI is InChI=1S/C17H18FNO3/c1-17(21,15-8-4-10-22-15)12-19-16(20)9-3-6-13-5-2-7-14(18)11-13/h2-8,10-11,21H,9,12H2,1H3,(H,19,20). The van der Waals surface area contributed by atoms with Crippen LogP contribution < -0.4 is 5.32 Å². The summed E-state index contributed by atoms with van der Waals surface area (Å²) in [5.74, 6) is -0.163. The Morgan fingerprint density at radius 1 is 1.41 bits per heavy atom. The van der Waals surface area contributed by atoms with E-state index in [9.17, 15) is 14.3 Å². The molecule has 0 fully saturated rings. The predicted molar refractivity (Wildman–Crippen MR) is 81.3 cm³/mol. The van der Waals surface area contributed by atoms with E-state index in [4.69, 9.17) is 4.42 Å². The summed E-state index contributed by atoms with van der Waals surface area (Å²) in [6, 6.07) is 9.43. The van der Waals surface area contributed by atoms with Crippen molar-refractivity contribution < 1.29 is 18.7 Å².